The van der Waals surface area contributed by atoms with Gasteiger partial charge in [-0.3, -0.25) is 4.79 Å². The Hall–Kier alpha value is -4.21. The molecule has 1 heterocycles. The molecule has 0 fully saturated rings. The summed E-state index contributed by atoms with van der Waals surface area (Å²) in [6.45, 7) is 4.04. The second-order valence-electron chi connectivity index (χ2n) is 10.9. The van der Waals surface area contributed by atoms with Gasteiger partial charge in [0.1, 0.15) is 0 Å². The van der Waals surface area contributed by atoms with Crippen LogP contribution in [0.15, 0.2) is 89.8 Å². The number of benzene rings is 3. The lowest BCUT2D eigenvalue weighted by Gasteiger charge is -2.36. The van der Waals surface area contributed by atoms with Crippen molar-refractivity contribution in [3.63, 3.8) is 0 Å². The van der Waals surface area contributed by atoms with Gasteiger partial charge in [-0.05, 0) is 83.5 Å². The molecule has 0 spiro atoms. The van der Waals surface area contributed by atoms with E-state index in [1.807, 2.05) is 34.9 Å². The smallest absolute Gasteiger partial charge is 0.349 e. The SMILES string of the molecule is CC(C)(CN(Cc1ccccc1C(F)(F)F)C(=S)Nc1ccccc1Br)NC(=O)Cc1cncn1Cc1ccc(C#N)cc1. The van der Waals surface area contributed by atoms with Crippen LogP contribution in [0.4, 0.5) is 18.9 Å². The normalized spacial score (nSPS) is 11.5. The van der Waals surface area contributed by atoms with Crippen molar-refractivity contribution in [1.29, 1.82) is 5.26 Å². The van der Waals surface area contributed by atoms with E-state index < -0.39 is 17.3 Å². The number of nitriles is 1. The third-order valence-electron chi connectivity index (χ3n) is 6.73. The molecule has 0 aliphatic carbocycles. The average molecular weight is 684 g/mol. The highest BCUT2D eigenvalue weighted by Crippen LogP contribution is 2.33. The Morgan fingerprint density at radius 3 is 2.43 bits per heavy atom. The Labute approximate surface area is 267 Å². The van der Waals surface area contributed by atoms with Crippen LogP contribution in [0.2, 0.25) is 0 Å². The first-order valence-electron chi connectivity index (χ1n) is 13.6. The number of carbonyl (C=O) groups excluding carboxylic acids is 1. The number of carbonyl (C=O) groups is 1. The predicted octanol–water partition coefficient (Wildman–Crippen LogP) is 6.92. The Bertz CT molecular complexity index is 1660. The van der Waals surface area contributed by atoms with Gasteiger partial charge in [0, 0.05) is 36.0 Å². The van der Waals surface area contributed by atoms with Crippen molar-refractivity contribution in [1.82, 2.24) is 19.8 Å². The average Bonchev–Trinajstić information content (AvgIpc) is 3.39. The van der Waals surface area contributed by atoms with E-state index in [1.54, 1.807) is 55.5 Å². The molecule has 44 heavy (non-hydrogen) atoms. The van der Waals surface area contributed by atoms with Crippen LogP contribution in [0.1, 0.15) is 41.8 Å². The number of aromatic nitrogens is 2. The van der Waals surface area contributed by atoms with Crippen LogP contribution in [-0.4, -0.2) is 37.6 Å². The highest BCUT2D eigenvalue weighted by molar-refractivity contribution is 9.10. The molecular formula is C32H30BrF3N6OS. The highest BCUT2D eigenvalue weighted by Gasteiger charge is 2.34. The molecule has 228 valence electrons. The zero-order valence-corrected chi connectivity index (χ0v) is 26.4. The van der Waals surface area contributed by atoms with E-state index in [9.17, 15) is 18.0 Å². The maximum absolute atomic E-state index is 13.8. The number of hydrogen-bond donors (Lipinski definition) is 2. The largest absolute Gasteiger partial charge is 0.416 e. The number of halogens is 4. The van der Waals surface area contributed by atoms with Crippen LogP contribution >= 0.6 is 28.1 Å². The molecule has 7 nitrogen and oxygen atoms in total. The number of alkyl halides is 3. The number of nitrogens with zero attached hydrogens (tertiary/aromatic N) is 4. The molecule has 0 aliphatic heterocycles. The summed E-state index contributed by atoms with van der Waals surface area (Å²) in [6.07, 6.45) is -1.24. The Kier molecular flexibility index (Phi) is 10.4. The summed E-state index contributed by atoms with van der Waals surface area (Å²) in [7, 11) is 0. The number of para-hydroxylation sites is 1. The van der Waals surface area contributed by atoms with Crippen molar-refractivity contribution in [3.05, 3.63) is 118 Å². The van der Waals surface area contributed by atoms with Gasteiger partial charge in [-0.15, -0.1) is 0 Å². The second-order valence-corrected chi connectivity index (χ2v) is 12.1. The first kappa shape index (κ1) is 32.7. The topological polar surface area (TPSA) is 86.0 Å². The van der Waals surface area contributed by atoms with E-state index in [0.717, 1.165) is 16.1 Å². The van der Waals surface area contributed by atoms with E-state index in [1.165, 1.54) is 12.1 Å². The summed E-state index contributed by atoms with van der Waals surface area (Å²) in [5.41, 5.74) is 1.28. The zero-order chi connectivity index (χ0) is 31.9. The minimum Gasteiger partial charge on any atom is -0.349 e. The Balaban J connectivity index is 1.50. The second kappa shape index (κ2) is 14.1. The van der Waals surface area contributed by atoms with E-state index >= 15 is 0 Å². The maximum Gasteiger partial charge on any atom is 0.416 e. The number of rotatable bonds is 10. The monoisotopic (exact) mass is 682 g/mol. The number of nitrogens with one attached hydrogen (secondary N) is 2. The number of thiocarbonyl (C=S) groups is 1. The number of imidazole rings is 1. The fourth-order valence-electron chi connectivity index (χ4n) is 4.72. The van der Waals surface area contributed by atoms with Crippen LogP contribution in [0.5, 0.6) is 0 Å². The molecule has 0 unspecified atom stereocenters. The van der Waals surface area contributed by atoms with Crippen LogP contribution in [0.25, 0.3) is 0 Å². The molecule has 0 bridgehead atoms. The van der Waals surface area contributed by atoms with Crippen LogP contribution in [0, 0.1) is 11.3 Å². The summed E-state index contributed by atoms with van der Waals surface area (Å²) >= 11 is 9.16. The molecule has 4 rings (SSSR count). The molecule has 0 saturated carbocycles. The number of anilines is 1. The van der Waals surface area contributed by atoms with Crippen molar-refractivity contribution in [2.45, 2.75) is 45.1 Å². The van der Waals surface area contributed by atoms with Gasteiger partial charge in [-0.25, -0.2) is 4.98 Å². The Morgan fingerprint density at radius 1 is 1.07 bits per heavy atom. The third-order valence-corrected chi connectivity index (χ3v) is 7.78. The molecule has 1 amide bonds. The van der Waals surface area contributed by atoms with Gasteiger partial charge in [0.2, 0.25) is 5.91 Å². The molecule has 0 atom stereocenters. The lowest BCUT2D eigenvalue weighted by atomic mass is 10.0. The molecule has 1 aromatic heterocycles. The first-order valence-corrected chi connectivity index (χ1v) is 14.8. The Morgan fingerprint density at radius 2 is 1.75 bits per heavy atom. The van der Waals surface area contributed by atoms with Crippen molar-refractivity contribution in [2.75, 3.05) is 11.9 Å². The molecule has 0 saturated heterocycles. The molecule has 12 heteroatoms. The molecule has 2 N–H and O–H groups in total. The summed E-state index contributed by atoms with van der Waals surface area (Å²) in [6, 6.07) is 21.9. The summed E-state index contributed by atoms with van der Waals surface area (Å²) in [4.78, 5) is 19.1. The molecule has 4 aromatic rings. The standard InChI is InChI=1S/C32H30BrF3N6OS/c1-31(2,40-29(43)15-25-17-38-21-42(25)18-23-13-11-22(16-37)12-14-23)20-41(30(44)39-28-10-6-5-9-27(28)33)19-24-7-3-4-8-26(24)32(34,35)36/h3-14,17,21H,15,18-20H2,1-2H3,(H,39,44)(H,40,43). The van der Waals surface area contributed by atoms with Gasteiger partial charge in [-0.2, -0.15) is 18.4 Å². The fourth-order valence-corrected chi connectivity index (χ4v) is 5.34. The van der Waals surface area contributed by atoms with Crippen molar-refractivity contribution < 1.29 is 18.0 Å². The van der Waals surface area contributed by atoms with Crippen molar-refractivity contribution in [3.8, 4) is 6.07 Å². The van der Waals surface area contributed by atoms with Gasteiger partial charge in [0.15, 0.2) is 5.11 Å². The molecule has 0 aliphatic rings. The van der Waals surface area contributed by atoms with Gasteiger partial charge >= 0.3 is 6.18 Å². The minimum atomic E-state index is -4.54. The van der Waals surface area contributed by atoms with Crippen LogP contribution in [-0.2, 0) is 30.5 Å². The van der Waals surface area contributed by atoms with Crippen LogP contribution in [0.3, 0.4) is 0 Å². The highest BCUT2D eigenvalue weighted by atomic mass is 79.9. The molecule has 0 radical (unpaired) electrons. The minimum absolute atomic E-state index is 0.0380. The zero-order valence-electron chi connectivity index (χ0n) is 24.0. The first-order chi connectivity index (χ1) is 20.8. The van der Waals surface area contributed by atoms with Gasteiger partial charge in [0.05, 0.1) is 41.2 Å². The van der Waals surface area contributed by atoms with Gasteiger partial charge in [-0.1, -0.05) is 42.5 Å². The van der Waals surface area contributed by atoms with E-state index in [2.05, 4.69) is 37.6 Å². The predicted molar refractivity (Wildman–Crippen MR) is 171 cm³/mol. The van der Waals surface area contributed by atoms with Crippen molar-refractivity contribution in [2.24, 2.45) is 0 Å². The lowest BCUT2D eigenvalue weighted by molar-refractivity contribution is -0.138. The molecular weight excluding hydrogens is 653 g/mol. The number of hydrogen-bond acceptors (Lipinski definition) is 4. The summed E-state index contributed by atoms with van der Waals surface area (Å²) in [5, 5.41) is 15.4. The third kappa shape index (κ3) is 8.90. The quantitative estimate of drug-likeness (QED) is 0.177. The van der Waals surface area contributed by atoms with Crippen molar-refractivity contribution >= 4 is 44.9 Å². The molecule has 3 aromatic carbocycles. The van der Waals surface area contributed by atoms with Gasteiger partial charge < -0.3 is 20.1 Å². The fraction of sp³-hybridized carbons (Fsp3) is 0.250. The summed E-state index contributed by atoms with van der Waals surface area (Å²) in [5.74, 6) is -0.281. The number of amides is 1. The van der Waals surface area contributed by atoms with Gasteiger partial charge in [0.25, 0.3) is 0 Å². The lowest BCUT2D eigenvalue weighted by Crippen LogP contribution is -2.53. The van der Waals surface area contributed by atoms with E-state index in [4.69, 9.17) is 17.5 Å². The summed E-state index contributed by atoms with van der Waals surface area (Å²) < 4.78 is 44.1. The van der Waals surface area contributed by atoms with E-state index in [-0.39, 0.29) is 36.1 Å². The maximum atomic E-state index is 13.8. The van der Waals surface area contributed by atoms with E-state index in [0.29, 0.717) is 23.5 Å². The van der Waals surface area contributed by atoms with Crippen LogP contribution < -0.4 is 10.6 Å².